The molecule has 0 saturated carbocycles. The van der Waals surface area contributed by atoms with Gasteiger partial charge in [0.15, 0.2) is 6.73 Å². The van der Waals surface area contributed by atoms with Crippen LogP contribution in [0.15, 0.2) is 59.4 Å². The van der Waals surface area contributed by atoms with Crippen LogP contribution in [-0.4, -0.2) is 26.9 Å². The van der Waals surface area contributed by atoms with Gasteiger partial charge < -0.3 is 10.1 Å². The molecule has 0 aliphatic carbocycles. The van der Waals surface area contributed by atoms with E-state index in [1.165, 1.54) is 6.92 Å². The van der Waals surface area contributed by atoms with E-state index in [9.17, 15) is 14.4 Å². The zero-order valence-electron chi connectivity index (χ0n) is 14.7. The van der Waals surface area contributed by atoms with Gasteiger partial charge in [-0.2, -0.15) is 4.68 Å². The lowest BCUT2D eigenvalue weighted by Crippen LogP contribution is -2.30. The number of amides is 1. The lowest BCUT2D eigenvalue weighted by molar-refractivity contribution is -0.148. The van der Waals surface area contributed by atoms with Gasteiger partial charge in [0.2, 0.25) is 5.91 Å². The summed E-state index contributed by atoms with van der Waals surface area (Å²) in [5.41, 5.74) is 0.863. The third-order valence-electron chi connectivity index (χ3n) is 3.93. The Hall–Kier alpha value is -3.55. The highest BCUT2D eigenvalue weighted by molar-refractivity contribution is 5.77. The summed E-state index contributed by atoms with van der Waals surface area (Å²) in [5.74, 6) is -0.826. The number of ether oxygens (including phenoxy) is 1. The molecule has 1 aromatic heterocycles. The van der Waals surface area contributed by atoms with Crippen LogP contribution < -0.4 is 10.9 Å². The largest absolute Gasteiger partial charge is 0.442 e. The molecule has 0 aliphatic heterocycles. The second-order valence-electron chi connectivity index (χ2n) is 5.92. The van der Waals surface area contributed by atoms with Crippen LogP contribution in [0, 0.1) is 0 Å². The number of rotatable bonds is 6. The molecule has 0 fully saturated rings. The minimum Gasteiger partial charge on any atom is -0.442 e. The molecule has 0 bridgehead atoms. The van der Waals surface area contributed by atoms with Crippen molar-refractivity contribution in [3.63, 3.8) is 0 Å². The highest BCUT2D eigenvalue weighted by atomic mass is 16.5. The predicted molar refractivity (Wildman–Crippen MR) is 97.5 cm³/mol. The molecule has 1 atom stereocenters. The summed E-state index contributed by atoms with van der Waals surface area (Å²) in [5, 5.41) is 10.8. The maximum absolute atomic E-state index is 12.3. The molecule has 1 heterocycles. The lowest BCUT2D eigenvalue weighted by Gasteiger charge is -2.17. The summed E-state index contributed by atoms with van der Waals surface area (Å²) >= 11 is 0. The second-order valence-corrected chi connectivity index (χ2v) is 5.92. The van der Waals surface area contributed by atoms with Crippen LogP contribution in [0.3, 0.4) is 0 Å². The zero-order chi connectivity index (χ0) is 19.2. The zero-order valence-corrected chi connectivity index (χ0v) is 14.7. The molecule has 0 unspecified atom stereocenters. The molecule has 1 amide bonds. The Labute approximate surface area is 154 Å². The predicted octanol–water partition coefficient (Wildman–Crippen LogP) is 1.56. The molecule has 0 saturated heterocycles. The summed E-state index contributed by atoms with van der Waals surface area (Å²) in [6, 6.07) is 15.4. The van der Waals surface area contributed by atoms with Gasteiger partial charge in [0.05, 0.1) is 17.8 Å². The summed E-state index contributed by atoms with van der Waals surface area (Å²) in [7, 11) is 0. The lowest BCUT2D eigenvalue weighted by atomic mass is 10.0. The monoisotopic (exact) mass is 366 g/mol. The van der Waals surface area contributed by atoms with Crippen LogP contribution in [0.4, 0.5) is 0 Å². The molecular formula is C19H18N4O4. The summed E-state index contributed by atoms with van der Waals surface area (Å²) in [4.78, 5) is 36.0. The van der Waals surface area contributed by atoms with Crippen LogP contribution in [-0.2, 0) is 21.1 Å². The van der Waals surface area contributed by atoms with Crippen molar-refractivity contribution in [3.8, 4) is 0 Å². The first-order chi connectivity index (χ1) is 13.0. The molecule has 0 aliphatic rings. The fraction of sp³-hybridized carbons (Fsp3) is 0.211. The van der Waals surface area contributed by atoms with Crippen molar-refractivity contribution in [1.82, 2.24) is 20.3 Å². The number of aromatic nitrogens is 3. The number of hydrogen-bond acceptors (Lipinski definition) is 6. The molecule has 1 N–H and O–H groups in total. The van der Waals surface area contributed by atoms with E-state index >= 15 is 0 Å². The van der Waals surface area contributed by atoms with E-state index in [0.717, 1.165) is 10.2 Å². The summed E-state index contributed by atoms with van der Waals surface area (Å²) < 4.78 is 6.14. The number of benzene rings is 2. The van der Waals surface area contributed by atoms with Gasteiger partial charge in [-0.15, -0.1) is 5.10 Å². The summed E-state index contributed by atoms with van der Waals surface area (Å²) in [6.07, 6.45) is -0.0701. The van der Waals surface area contributed by atoms with Gasteiger partial charge >= 0.3 is 5.97 Å². The first-order valence-electron chi connectivity index (χ1n) is 8.35. The van der Waals surface area contributed by atoms with Gasteiger partial charge in [0.1, 0.15) is 5.52 Å². The van der Waals surface area contributed by atoms with Crippen molar-refractivity contribution in [2.24, 2.45) is 0 Å². The maximum atomic E-state index is 12.3. The Morgan fingerprint density at radius 1 is 1.11 bits per heavy atom. The van der Waals surface area contributed by atoms with Crippen LogP contribution in [0.1, 0.15) is 24.9 Å². The molecule has 3 aromatic rings. The third kappa shape index (κ3) is 4.55. The molecule has 0 radical (unpaired) electrons. The Morgan fingerprint density at radius 3 is 2.56 bits per heavy atom. The highest BCUT2D eigenvalue weighted by Gasteiger charge is 2.18. The van der Waals surface area contributed by atoms with Gasteiger partial charge in [0.25, 0.3) is 5.56 Å². The standard InChI is InChI=1S/C19H18N4O4/c1-13(24)20-17(14-7-3-2-4-8-14)11-18(25)27-12-23-19(26)15-9-5-6-10-16(15)21-22-23/h2-10,17H,11-12H2,1H3,(H,20,24)/t17-/m0/s1. The number of carbonyl (C=O) groups excluding carboxylic acids is 2. The van der Waals surface area contributed by atoms with Crippen LogP contribution in [0.5, 0.6) is 0 Å². The van der Waals surface area contributed by atoms with Crippen molar-refractivity contribution in [3.05, 3.63) is 70.5 Å². The van der Waals surface area contributed by atoms with Gasteiger partial charge in [-0.25, -0.2) is 0 Å². The van der Waals surface area contributed by atoms with Crippen molar-refractivity contribution < 1.29 is 14.3 Å². The van der Waals surface area contributed by atoms with Crippen LogP contribution in [0.2, 0.25) is 0 Å². The average Bonchev–Trinajstić information content (AvgIpc) is 2.67. The summed E-state index contributed by atoms with van der Waals surface area (Å²) in [6.45, 7) is 1.03. The van der Waals surface area contributed by atoms with E-state index in [1.807, 2.05) is 30.3 Å². The quantitative estimate of drug-likeness (QED) is 0.664. The fourth-order valence-corrected chi connectivity index (χ4v) is 2.65. The Kier molecular flexibility index (Phi) is 5.55. The molecule has 3 rings (SSSR count). The smallest absolute Gasteiger partial charge is 0.310 e. The van der Waals surface area contributed by atoms with E-state index < -0.39 is 17.6 Å². The number of esters is 1. The van der Waals surface area contributed by atoms with E-state index in [4.69, 9.17) is 4.74 Å². The topological polar surface area (TPSA) is 103 Å². The van der Waals surface area contributed by atoms with E-state index in [-0.39, 0.29) is 19.1 Å². The van der Waals surface area contributed by atoms with Crippen molar-refractivity contribution in [2.75, 3.05) is 0 Å². The molecule has 138 valence electrons. The van der Waals surface area contributed by atoms with E-state index in [2.05, 4.69) is 15.6 Å². The second kappa shape index (κ2) is 8.22. The maximum Gasteiger partial charge on any atom is 0.310 e. The molecular weight excluding hydrogens is 348 g/mol. The van der Waals surface area contributed by atoms with Gasteiger partial charge in [-0.1, -0.05) is 47.7 Å². The van der Waals surface area contributed by atoms with E-state index in [0.29, 0.717) is 10.9 Å². The van der Waals surface area contributed by atoms with Crippen molar-refractivity contribution in [1.29, 1.82) is 0 Å². The molecule has 27 heavy (non-hydrogen) atoms. The van der Waals surface area contributed by atoms with Crippen molar-refractivity contribution in [2.45, 2.75) is 26.1 Å². The number of nitrogens with one attached hydrogen (secondary N) is 1. The third-order valence-corrected chi connectivity index (χ3v) is 3.93. The number of fused-ring (bicyclic) bond motifs is 1. The molecule has 8 nitrogen and oxygen atoms in total. The Bertz CT molecular complexity index is 1020. The van der Waals surface area contributed by atoms with Crippen LogP contribution >= 0.6 is 0 Å². The minimum atomic E-state index is -0.570. The first-order valence-corrected chi connectivity index (χ1v) is 8.35. The van der Waals surface area contributed by atoms with Gasteiger partial charge in [-0.3, -0.25) is 14.4 Å². The molecule has 0 spiro atoms. The SMILES string of the molecule is CC(=O)N[C@@H](CC(=O)OCn1nnc2ccccc2c1=O)c1ccccc1. The normalized spacial score (nSPS) is 11.7. The Morgan fingerprint density at radius 2 is 1.81 bits per heavy atom. The van der Waals surface area contributed by atoms with Crippen molar-refractivity contribution >= 4 is 22.8 Å². The number of nitrogens with zero attached hydrogens (tertiary/aromatic N) is 3. The number of hydrogen-bond donors (Lipinski definition) is 1. The molecule has 8 heteroatoms. The molecule has 2 aromatic carbocycles. The van der Waals surface area contributed by atoms with Crippen LogP contribution in [0.25, 0.3) is 10.9 Å². The minimum absolute atomic E-state index is 0.0701. The Balaban J connectivity index is 1.69. The van der Waals surface area contributed by atoms with Gasteiger partial charge in [0, 0.05) is 6.92 Å². The average molecular weight is 366 g/mol. The highest BCUT2D eigenvalue weighted by Crippen LogP contribution is 2.17. The van der Waals surface area contributed by atoms with Gasteiger partial charge in [-0.05, 0) is 17.7 Å². The first kappa shape index (κ1) is 18.2. The number of carbonyl (C=O) groups is 2. The van der Waals surface area contributed by atoms with E-state index in [1.54, 1.807) is 24.3 Å². The fourth-order valence-electron chi connectivity index (χ4n) is 2.65.